The Labute approximate surface area is 160 Å². The third-order valence-electron chi connectivity index (χ3n) is 2.30. The number of halogens is 3. The summed E-state index contributed by atoms with van der Waals surface area (Å²) in [6.45, 7) is 4.12. The van der Waals surface area contributed by atoms with Gasteiger partial charge in [-0.15, -0.1) is 5.73 Å². The van der Waals surface area contributed by atoms with Crippen molar-refractivity contribution >= 4 is 5.97 Å². The number of rotatable bonds is 8. The van der Waals surface area contributed by atoms with Crippen LogP contribution in [0.5, 0.6) is 0 Å². The molecule has 1 atom stereocenters. The van der Waals surface area contributed by atoms with Gasteiger partial charge < -0.3 is 51.8 Å². The molecule has 0 N–H and O–H groups in total. The predicted octanol–water partition coefficient (Wildman–Crippen LogP) is -7.24. The molecule has 4 nitrogen and oxygen atoms in total. The zero-order chi connectivity index (χ0) is 13.1. The third-order valence-corrected chi connectivity index (χ3v) is 2.30. The van der Waals surface area contributed by atoms with E-state index >= 15 is 0 Å². The molecule has 8 heteroatoms. The van der Waals surface area contributed by atoms with E-state index in [0.29, 0.717) is 13.0 Å². The SMILES string of the molecule is CCCCCC(C=C=C([O-])OCC)C(=O)OC.[Cl-].[Cl-].[Cl-].[Ti+4]. The van der Waals surface area contributed by atoms with Crippen molar-refractivity contribution in [2.75, 3.05) is 13.7 Å². The van der Waals surface area contributed by atoms with Gasteiger partial charge in [-0.2, -0.15) is 0 Å². The Morgan fingerprint density at radius 3 is 2.24 bits per heavy atom. The van der Waals surface area contributed by atoms with Gasteiger partial charge in [-0.1, -0.05) is 33.1 Å². The third kappa shape index (κ3) is 18.1. The van der Waals surface area contributed by atoms with Crippen LogP contribution in [0, 0.1) is 5.92 Å². The first kappa shape index (κ1) is 32.9. The topological polar surface area (TPSA) is 58.6 Å². The normalized spacial score (nSPS) is 9.10. The minimum absolute atomic E-state index is 0. The van der Waals surface area contributed by atoms with Crippen LogP contribution in [0.25, 0.3) is 0 Å². The van der Waals surface area contributed by atoms with Crippen molar-refractivity contribution in [1.82, 2.24) is 0 Å². The average molecular weight is 396 g/mol. The van der Waals surface area contributed by atoms with Gasteiger partial charge in [0.2, 0.25) is 0 Å². The summed E-state index contributed by atoms with van der Waals surface area (Å²) in [4.78, 5) is 11.4. The quantitative estimate of drug-likeness (QED) is 0.135. The summed E-state index contributed by atoms with van der Waals surface area (Å²) in [6, 6.07) is 0. The van der Waals surface area contributed by atoms with E-state index in [-0.39, 0.29) is 64.9 Å². The Bertz CT molecular complexity index is 295. The van der Waals surface area contributed by atoms with E-state index in [1.165, 1.54) is 13.2 Å². The Morgan fingerprint density at radius 1 is 1.24 bits per heavy atom. The molecule has 122 valence electrons. The zero-order valence-electron chi connectivity index (χ0n) is 12.5. The van der Waals surface area contributed by atoms with Crippen molar-refractivity contribution in [3.63, 3.8) is 0 Å². The number of carbonyl (C=O) groups is 1. The van der Waals surface area contributed by atoms with E-state index in [1.54, 1.807) is 6.92 Å². The molecular weight excluding hydrogens is 374 g/mol. The Morgan fingerprint density at radius 2 is 1.81 bits per heavy atom. The van der Waals surface area contributed by atoms with Crippen LogP contribution < -0.4 is 42.3 Å². The predicted molar refractivity (Wildman–Crippen MR) is 62.9 cm³/mol. The van der Waals surface area contributed by atoms with E-state index in [0.717, 1.165) is 19.3 Å². The van der Waals surface area contributed by atoms with E-state index in [1.807, 2.05) is 0 Å². The van der Waals surface area contributed by atoms with Crippen molar-refractivity contribution < 1.29 is 78.3 Å². The summed E-state index contributed by atoms with van der Waals surface area (Å²) in [5.74, 6) is -1.29. The second-order valence-corrected chi connectivity index (χ2v) is 3.66. The molecule has 0 aliphatic rings. The smallest absolute Gasteiger partial charge is 1.00 e. The number of hydrogen-bond donors (Lipinski definition) is 0. The Balaban J connectivity index is -0.000000213. The van der Waals surface area contributed by atoms with E-state index < -0.39 is 11.9 Å². The summed E-state index contributed by atoms with van der Waals surface area (Å²) in [6.07, 6.45) is 5.18. The maximum absolute atomic E-state index is 11.4. The fourth-order valence-corrected chi connectivity index (χ4v) is 1.38. The summed E-state index contributed by atoms with van der Waals surface area (Å²) < 4.78 is 9.37. The van der Waals surface area contributed by atoms with Gasteiger partial charge in [-0.05, 0) is 19.1 Å². The second kappa shape index (κ2) is 22.5. The van der Waals surface area contributed by atoms with Gasteiger partial charge in [0.15, 0.2) is 0 Å². The number of carbonyl (C=O) groups excluding carboxylic acids is 1. The van der Waals surface area contributed by atoms with Crippen molar-refractivity contribution in [1.29, 1.82) is 0 Å². The molecule has 0 aliphatic carbocycles. The molecule has 0 bridgehead atoms. The number of ether oxygens (including phenoxy) is 2. The van der Waals surface area contributed by atoms with E-state index in [4.69, 9.17) is 4.74 Å². The van der Waals surface area contributed by atoms with Crippen LogP contribution in [0.15, 0.2) is 17.8 Å². The van der Waals surface area contributed by atoms with Crippen LogP contribution in [0.4, 0.5) is 0 Å². The number of methoxy groups -OCH3 is 1. The fraction of sp³-hybridized carbons (Fsp3) is 0.692. The summed E-state index contributed by atoms with van der Waals surface area (Å²) in [7, 11) is 1.34. The average Bonchev–Trinajstić information content (AvgIpc) is 2.33. The molecule has 0 spiro atoms. The van der Waals surface area contributed by atoms with Crippen LogP contribution >= 0.6 is 0 Å². The molecule has 0 aromatic heterocycles. The molecule has 0 fully saturated rings. The van der Waals surface area contributed by atoms with E-state index in [2.05, 4.69) is 17.4 Å². The Kier molecular flexibility index (Phi) is 35.2. The van der Waals surface area contributed by atoms with Gasteiger partial charge in [0.1, 0.15) is 0 Å². The maximum Gasteiger partial charge on any atom is 4.00 e. The molecule has 0 saturated heterocycles. The minimum Gasteiger partial charge on any atom is -1.00 e. The van der Waals surface area contributed by atoms with Crippen molar-refractivity contribution in [2.24, 2.45) is 5.92 Å². The molecule has 21 heavy (non-hydrogen) atoms. The second-order valence-electron chi connectivity index (χ2n) is 3.66. The first-order chi connectivity index (χ1) is 8.15. The molecule has 0 radical (unpaired) electrons. The first-order valence-corrected chi connectivity index (χ1v) is 6.00. The molecule has 1 unspecified atom stereocenters. The van der Waals surface area contributed by atoms with Crippen LogP contribution in [-0.4, -0.2) is 19.7 Å². The van der Waals surface area contributed by atoms with Crippen LogP contribution in [0.2, 0.25) is 0 Å². The number of unbranched alkanes of at least 4 members (excludes halogenated alkanes) is 2. The summed E-state index contributed by atoms with van der Waals surface area (Å²) in [5, 5.41) is 11.1. The fourth-order valence-electron chi connectivity index (χ4n) is 1.38. The van der Waals surface area contributed by atoms with Gasteiger partial charge in [0.05, 0.1) is 19.0 Å². The molecule has 0 aromatic carbocycles. The van der Waals surface area contributed by atoms with Crippen molar-refractivity contribution in [3.05, 3.63) is 17.8 Å². The monoisotopic (exact) mass is 394 g/mol. The molecule has 0 rings (SSSR count). The molecule has 0 heterocycles. The Hall–Kier alpha value is 0.174. The van der Waals surface area contributed by atoms with Crippen LogP contribution in [0.1, 0.15) is 39.5 Å². The van der Waals surface area contributed by atoms with Crippen molar-refractivity contribution in [3.8, 4) is 0 Å². The molecular formula is C13H21Cl3O4Ti. The zero-order valence-corrected chi connectivity index (χ0v) is 16.3. The molecule has 0 amide bonds. The van der Waals surface area contributed by atoms with Gasteiger partial charge in [-0.25, -0.2) is 0 Å². The minimum atomic E-state index is -0.545. The summed E-state index contributed by atoms with van der Waals surface area (Å²) >= 11 is 0. The van der Waals surface area contributed by atoms with Gasteiger partial charge in [-0.3, -0.25) is 4.79 Å². The van der Waals surface area contributed by atoms with Crippen LogP contribution in [-0.2, 0) is 36.0 Å². The molecule has 0 aromatic rings. The maximum atomic E-state index is 11.4. The molecule has 0 aliphatic heterocycles. The van der Waals surface area contributed by atoms with Crippen molar-refractivity contribution in [2.45, 2.75) is 39.5 Å². The van der Waals surface area contributed by atoms with Gasteiger partial charge >= 0.3 is 27.7 Å². The van der Waals surface area contributed by atoms with Crippen LogP contribution in [0.3, 0.4) is 0 Å². The summed E-state index contributed by atoms with van der Waals surface area (Å²) in [5.41, 5.74) is 2.44. The van der Waals surface area contributed by atoms with E-state index in [9.17, 15) is 9.90 Å². The first-order valence-electron chi connectivity index (χ1n) is 6.00. The number of hydrogen-bond acceptors (Lipinski definition) is 4. The molecule has 0 saturated carbocycles. The van der Waals surface area contributed by atoms with Gasteiger partial charge in [0, 0.05) is 0 Å². The number of esters is 1. The van der Waals surface area contributed by atoms with Gasteiger partial charge in [0.25, 0.3) is 0 Å². The largest absolute Gasteiger partial charge is 4.00 e. The standard InChI is InChI=1S/C13H22O4.3ClH.Ti/c1-4-6-7-8-11(13(15)16-3)9-10-12(14)17-5-2;;;;/h9,11,14H,4-8H2,1-3H3;3*1H;/q;;;;+4/p-4.